The van der Waals surface area contributed by atoms with Crippen LogP contribution in [0.3, 0.4) is 0 Å². The van der Waals surface area contributed by atoms with Crippen LogP contribution in [-0.4, -0.2) is 22.4 Å². The molecule has 0 radical (unpaired) electrons. The molecule has 0 aliphatic heterocycles. The molecule has 1 aromatic heterocycles. The lowest BCUT2D eigenvalue weighted by atomic mass is 10.1. The number of benzene rings is 1. The molecule has 0 saturated carbocycles. The Kier molecular flexibility index (Phi) is 4.92. The van der Waals surface area contributed by atoms with Crippen LogP contribution >= 0.6 is 0 Å². The predicted octanol–water partition coefficient (Wildman–Crippen LogP) is 1.70. The van der Waals surface area contributed by atoms with Crippen molar-refractivity contribution < 1.29 is 4.79 Å². The van der Waals surface area contributed by atoms with Crippen LogP contribution in [0.25, 0.3) is 11.0 Å². The lowest BCUT2D eigenvalue weighted by molar-refractivity contribution is -0.121. The number of rotatable bonds is 7. The fraction of sp³-hybridized carbons (Fsp3) is 0.429. The van der Waals surface area contributed by atoms with E-state index >= 15 is 0 Å². The zero-order valence-corrected chi connectivity index (χ0v) is 11.0. The molecule has 2 rings (SSSR count). The van der Waals surface area contributed by atoms with Gasteiger partial charge >= 0.3 is 0 Å². The van der Waals surface area contributed by atoms with Crippen molar-refractivity contribution in [2.75, 3.05) is 6.54 Å². The largest absolute Gasteiger partial charge is 0.352 e. The van der Waals surface area contributed by atoms with E-state index in [9.17, 15) is 4.79 Å². The normalized spacial score (nSPS) is 10.8. The molecule has 0 saturated heterocycles. The average Bonchev–Trinajstić information content (AvgIpc) is 2.89. The minimum atomic E-state index is 0.0988. The first-order chi connectivity index (χ1) is 9.29. The number of hydrogen-bond acceptors (Lipinski definition) is 3. The monoisotopic (exact) mass is 260 g/mol. The standard InChI is InChI=1S/C14H20N4O/c15-7-3-1-2-4-14(19)16-9-11-5-6-12-13(8-11)18-10-17-12/h5-6,8,10H,1-4,7,9,15H2,(H,16,19)(H,17,18). The molecule has 0 spiro atoms. The van der Waals surface area contributed by atoms with E-state index in [1.54, 1.807) is 6.33 Å². The van der Waals surface area contributed by atoms with E-state index in [0.717, 1.165) is 35.9 Å². The van der Waals surface area contributed by atoms with Gasteiger partial charge in [-0.25, -0.2) is 4.98 Å². The molecule has 1 heterocycles. The minimum Gasteiger partial charge on any atom is -0.352 e. The molecule has 1 amide bonds. The molecule has 4 N–H and O–H groups in total. The van der Waals surface area contributed by atoms with Gasteiger partial charge in [0.1, 0.15) is 0 Å². The lowest BCUT2D eigenvalue weighted by Crippen LogP contribution is -2.22. The summed E-state index contributed by atoms with van der Waals surface area (Å²) in [6, 6.07) is 5.95. The number of carbonyl (C=O) groups is 1. The van der Waals surface area contributed by atoms with E-state index in [4.69, 9.17) is 5.73 Å². The zero-order valence-electron chi connectivity index (χ0n) is 11.0. The van der Waals surface area contributed by atoms with E-state index in [-0.39, 0.29) is 5.91 Å². The van der Waals surface area contributed by atoms with E-state index in [0.29, 0.717) is 19.5 Å². The number of nitrogens with one attached hydrogen (secondary N) is 2. The number of imidazole rings is 1. The number of unbranched alkanes of at least 4 members (excludes halogenated alkanes) is 2. The highest BCUT2D eigenvalue weighted by Gasteiger charge is 2.02. The predicted molar refractivity (Wildman–Crippen MR) is 75.5 cm³/mol. The summed E-state index contributed by atoms with van der Waals surface area (Å²) >= 11 is 0. The summed E-state index contributed by atoms with van der Waals surface area (Å²) in [5, 5.41) is 2.93. The molecule has 0 atom stereocenters. The van der Waals surface area contributed by atoms with Crippen LogP contribution in [0.15, 0.2) is 24.5 Å². The second-order valence-electron chi connectivity index (χ2n) is 4.63. The first kappa shape index (κ1) is 13.5. The molecular formula is C14H20N4O. The third-order valence-corrected chi connectivity index (χ3v) is 3.08. The highest BCUT2D eigenvalue weighted by molar-refractivity contribution is 5.77. The van der Waals surface area contributed by atoms with E-state index in [1.165, 1.54) is 0 Å². The van der Waals surface area contributed by atoms with Crippen LogP contribution in [0.2, 0.25) is 0 Å². The van der Waals surface area contributed by atoms with Gasteiger partial charge in [-0.2, -0.15) is 0 Å². The van der Waals surface area contributed by atoms with Gasteiger partial charge in [0.05, 0.1) is 17.4 Å². The molecule has 1 aromatic carbocycles. The van der Waals surface area contributed by atoms with Gasteiger partial charge in [0.15, 0.2) is 0 Å². The van der Waals surface area contributed by atoms with Crippen LogP contribution in [0.1, 0.15) is 31.2 Å². The maximum absolute atomic E-state index is 11.6. The second-order valence-corrected chi connectivity index (χ2v) is 4.63. The third kappa shape index (κ3) is 4.06. The first-order valence-electron chi connectivity index (χ1n) is 6.68. The molecule has 0 aliphatic rings. The summed E-state index contributed by atoms with van der Waals surface area (Å²) in [6.45, 7) is 1.26. The third-order valence-electron chi connectivity index (χ3n) is 3.08. The number of carbonyl (C=O) groups excluding carboxylic acids is 1. The summed E-state index contributed by atoms with van der Waals surface area (Å²) < 4.78 is 0. The van der Waals surface area contributed by atoms with E-state index in [2.05, 4.69) is 15.3 Å². The van der Waals surface area contributed by atoms with Gasteiger partial charge in [-0.05, 0) is 37.1 Å². The van der Waals surface area contributed by atoms with Crippen LogP contribution in [-0.2, 0) is 11.3 Å². The highest BCUT2D eigenvalue weighted by atomic mass is 16.1. The van der Waals surface area contributed by atoms with Crippen molar-refractivity contribution in [2.45, 2.75) is 32.2 Å². The molecule has 2 aromatic rings. The van der Waals surface area contributed by atoms with Gasteiger partial charge in [-0.15, -0.1) is 0 Å². The Morgan fingerprint density at radius 2 is 2.21 bits per heavy atom. The summed E-state index contributed by atoms with van der Waals surface area (Å²) in [4.78, 5) is 18.9. The van der Waals surface area contributed by atoms with Crippen molar-refractivity contribution in [2.24, 2.45) is 5.73 Å². The number of nitrogens with two attached hydrogens (primary N) is 1. The topological polar surface area (TPSA) is 83.8 Å². The minimum absolute atomic E-state index is 0.0988. The highest BCUT2D eigenvalue weighted by Crippen LogP contribution is 2.11. The van der Waals surface area contributed by atoms with Gasteiger partial charge in [0, 0.05) is 13.0 Å². The number of aromatic nitrogens is 2. The van der Waals surface area contributed by atoms with Gasteiger partial charge in [0.2, 0.25) is 5.91 Å². The number of H-pyrrole nitrogens is 1. The summed E-state index contributed by atoms with van der Waals surface area (Å²) in [5.41, 5.74) is 8.42. The van der Waals surface area contributed by atoms with Gasteiger partial charge < -0.3 is 16.0 Å². The first-order valence-corrected chi connectivity index (χ1v) is 6.68. The maximum Gasteiger partial charge on any atom is 0.220 e. The lowest BCUT2D eigenvalue weighted by Gasteiger charge is -2.05. The molecule has 0 unspecified atom stereocenters. The Labute approximate surface area is 112 Å². The molecule has 0 bridgehead atoms. The molecule has 0 aliphatic carbocycles. The SMILES string of the molecule is NCCCCCC(=O)NCc1ccc2nc[nH]c2c1. The van der Waals surface area contributed by atoms with Crippen molar-refractivity contribution in [3.63, 3.8) is 0 Å². The van der Waals surface area contributed by atoms with Crippen LogP contribution in [0.4, 0.5) is 0 Å². The number of aromatic amines is 1. The van der Waals surface area contributed by atoms with Crippen molar-refractivity contribution in [1.82, 2.24) is 15.3 Å². The van der Waals surface area contributed by atoms with Crippen molar-refractivity contribution in [3.8, 4) is 0 Å². The zero-order chi connectivity index (χ0) is 13.5. The van der Waals surface area contributed by atoms with Crippen molar-refractivity contribution >= 4 is 16.9 Å². The summed E-state index contributed by atoms with van der Waals surface area (Å²) in [6.07, 6.45) is 5.16. The van der Waals surface area contributed by atoms with Gasteiger partial charge in [-0.1, -0.05) is 12.5 Å². The molecule has 0 fully saturated rings. The molecule has 5 heteroatoms. The van der Waals surface area contributed by atoms with Crippen molar-refractivity contribution in [1.29, 1.82) is 0 Å². The Bertz CT molecular complexity index is 535. The Morgan fingerprint density at radius 3 is 3.05 bits per heavy atom. The Morgan fingerprint density at radius 1 is 1.32 bits per heavy atom. The molecule has 19 heavy (non-hydrogen) atoms. The number of amides is 1. The van der Waals surface area contributed by atoms with Gasteiger partial charge in [0.25, 0.3) is 0 Å². The Hall–Kier alpha value is -1.88. The summed E-state index contributed by atoms with van der Waals surface area (Å²) in [5.74, 6) is 0.0988. The van der Waals surface area contributed by atoms with Crippen LogP contribution in [0.5, 0.6) is 0 Å². The van der Waals surface area contributed by atoms with Gasteiger partial charge in [-0.3, -0.25) is 4.79 Å². The Balaban J connectivity index is 1.76. The fourth-order valence-corrected chi connectivity index (χ4v) is 1.99. The molecular weight excluding hydrogens is 240 g/mol. The second kappa shape index (κ2) is 6.89. The number of hydrogen-bond donors (Lipinski definition) is 3. The smallest absolute Gasteiger partial charge is 0.220 e. The average molecular weight is 260 g/mol. The quantitative estimate of drug-likeness (QED) is 0.662. The van der Waals surface area contributed by atoms with E-state index < -0.39 is 0 Å². The van der Waals surface area contributed by atoms with Crippen molar-refractivity contribution in [3.05, 3.63) is 30.1 Å². The molecule has 5 nitrogen and oxygen atoms in total. The number of nitrogens with zero attached hydrogens (tertiary/aromatic N) is 1. The maximum atomic E-state index is 11.6. The number of fused-ring (bicyclic) bond motifs is 1. The summed E-state index contributed by atoms with van der Waals surface area (Å²) in [7, 11) is 0. The molecule has 102 valence electrons. The van der Waals surface area contributed by atoms with E-state index in [1.807, 2.05) is 18.2 Å². The van der Waals surface area contributed by atoms with Crippen LogP contribution in [0, 0.1) is 0 Å². The fourth-order valence-electron chi connectivity index (χ4n) is 1.99. The van der Waals surface area contributed by atoms with Crippen LogP contribution < -0.4 is 11.1 Å².